The summed E-state index contributed by atoms with van der Waals surface area (Å²) in [5.74, 6) is 0. The van der Waals surface area contributed by atoms with Crippen LogP contribution in [0.3, 0.4) is 0 Å². The number of nitrogens with zero attached hydrogens (tertiary/aromatic N) is 2. The van der Waals surface area contributed by atoms with Crippen molar-refractivity contribution in [3.05, 3.63) is 0 Å². The minimum absolute atomic E-state index is 0.389. The van der Waals surface area contributed by atoms with Crippen molar-refractivity contribution >= 4 is 0 Å². The van der Waals surface area contributed by atoms with Crippen molar-refractivity contribution < 1.29 is 0 Å². The maximum absolute atomic E-state index is 5.80. The Morgan fingerprint density at radius 2 is 1.93 bits per heavy atom. The van der Waals surface area contributed by atoms with E-state index in [4.69, 9.17) is 5.73 Å². The largest absolute Gasteiger partial charge is 0.329 e. The zero-order valence-electron chi connectivity index (χ0n) is 9.34. The number of hydrogen-bond acceptors (Lipinski definition) is 3. The molecule has 0 bridgehead atoms. The molecule has 0 aromatic heterocycles. The SMILES string of the molecule is CN(CCN1CCCC1)C1(CN)CC1. The van der Waals surface area contributed by atoms with E-state index in [0.717, 1.165) is 6.54 Å². The van der Waals surface area contributed by atoms with Gasteiger partial charge in [-0.3, -0.25) is 4.90 Å². The van der Waals surface area contributed by atoms with Crippen LogP contribution >= 0.6 is 0 Å². The van der Waals surface area contributed by atoms with Crippen LogP contribution < -0.4 is 5.73 Å². The van der Waals surface area contributed by atoms with Gasteiger partial charge >= 0.3 is 0 Å². The Kier molecular flexibility index (Phi) is 3.10. The van der Waals surface area contributed by atoms with E-state index in [9.17, 15) is 0 Å². The number of likely N-dealkylation sites (tertiary alicyclic amines) is 1. The van der Waals surface area contributed by atoms with Crippen LogP contribution in [0, 0.1) is 0 Å². The van der Waals surface area contributed by atoms with E-state index in [1.54, 1.807) is 0 Å². The molecule has 2 N–H and O–H groups in total. The van der Waals surface area contributed by atoms with E-state index < -0.39 is 0 Å². The molecule has 1 saturated carbocycles. The van der Waals surface area contributed by atoms with Gasteiger partial charge in [-0.25, -0.2) is 0 Å². The first-order chi connectivity index (χ1) is 6.77. The maximum Gasteiger partial charge on any atom is 0.0330 e. The first-order valence-electron chi connectivity index (χ1n) is 5.90. The van der Waals surface area contributed by atoms with Crippen LogP contribution in [0.15, 0.2) is 0 Å². The van der Waals surface area contributed by atoms with Crippen molar-refractivity contribution in [2.24, 2.45) is 5.73 Å². The van der Waals surface area contributed by atoms with Gasteiger partial charge in [0.1, 0.15) is 0 Å². The number of hydrogen-bond donors (Lipinski definition) is 1. The predicted octanol–water partition coefficient (Wildman–Crippen LogP) is 0.505. The molecule has 2 fully saturated rings. The molecule has 0 amide bonds. The zero-order chi connectivity index (χ0) is 10.0. The van der Waals surface area contributed by atoms with Gasteiger partial charge in [-0.2, -0.15) is 0 Å². The van der Waals surface area contributed by atoms with E-state index in [2.05, 4.69) is 16.8 Å². The molecule has 3 heteroatoms. The van der Waals surface area contributed by atoms with Crippen molar-refractivity contribution in [2.75, 3.05) is 39.8 Å². The lowest BCUT2D eigenvalue weighted by atomic mass is 10.2. The summed E-state index contributed by atoms with van der Waals surface area (Å²) in [6.45, 7) is 5.88. The second-order valence-corrected chi connectivity index (χ2v) is 4.90. The van der Waals surface area contributed by atoms with E-state index >= 15 is 0 Å². The molecule has 1 aliphatic heterocycles. The summed E-state index contributed by atoms with van der Waals surface area (Å²) in [7, 11) is 2.23. The van der Waals surface area contributed by atoms with E-state index in [1.165, 1.54) is 51.9 Å². The molecule has 0 atom stereocenters. The third-order valence-corrected chi connectivity index (χ3v) is 3.97. The van der Waals surface area contributed by atoms with Crippen LogP contribution in [0.25, 0.3) is 0 Å². The van der Waals surface area contributed by atoms with Crippen LogP contribution in [-0.4, -0.2) is 55.1 Å². The van der Waals surface area contributed by atoms with E-state index in [-0.39, 0.29) is 0 Å². The zero-order valence-corrected chi connectivity index (χ0v) is 9.34. The molecule has 0 aromatic carbocycles. The Labute approximate surface area is 87.2 Å². The molecule has 1 heterocycles. The fourth-order valence-corrected chi connectivity index (χ4v) is 2.42. The number of rotatable bonds is 5. The van der Waals surface area contributed by atoms with Crippen molar-refractivity contribution in [2.45, 2.75) is 31.2 Å². The number of nitrogens with two attached hydrogens (primary N) is 1. The first-order valence-corrected chi connectivity index (χ1v) is 5.90. The predicted molar refractivity (Wildman–Crippen MR) is 59.3 cm³/mol. The summed E-state index contributed by atoms with van der Waals surface area (Å²) in [4.78, 5) is 5.05. The van der Waals surface area contributed by atoms with Gasteiger partial charge in [0.15, 0.2) is 0 Å². The molecule has 14 heavy (non-hydrogen) atoms. The van der Waals surface area contributed by atoms with Gasteiger partial charge in [-0.15, -0.1) is 0 Å². The highest BCUT2D eigenvalue weighted by molar-refractivity contribution is 5.03. The van der Waals surface area contributed by atoms with Crippen LogP contribution in [0.5, 0.6) is 0 Å². The van der Waals surface area contributed by atoms with Gasteiger partial charge in [0, 0.05) is 25.2 Å². The average Bonchev–Trinajstić information content (AvgIpc) is 2.84. The molecule has 2 aliphatic rings. The monoisotopic (exact) mass is 197 g/mol. The lowest BCUT2D eigenvalue weighted by molar-refractivity contribution is 0.193. The summed E-state index contributed by atoms with van der Waals surface area (Å²) in [6.07, 6.45) is 5.40. The molecule has 0 radical (unpaired) electrons. The van der Waals surface area contributed by atoms with Crippen LogP contribution in [0.4, 0.5) is 0 Å². The summed E-state index contributed by atoms with van der Waals surface area (Å²) < 4.78 is 0. The first kappa shape index (κ1) is 10.4. The van der Waals surface area contributed by atoms with Gasteiger partial charge in [0.25, 0.3) is 0 Å². The average molecular weight is 197 g/mol. The molecule has 0 unspecified atom stereocenters. The topological polar surface area (TPSA) is 32.5 Å². The fourth-order valence-electron chi connectivity index (χ4n) is 2.42. The highest BCUT2D eigenvalue weighted by atomic mass is 15.2. The number of likely N-dealkylation sites (N-methyl/N-ethyl adjacent to an activating group) is 1. The Morgan fingerprint density at radius 3 is 2.43 bits per heavy atom. The van der Waals surface area contributed by atoms with Crippen molar-refractivity contribution in [1.29, 1.82) is 0 Å². The molecular weight excluding hydrogens is 174 g/mol. The molecule has 82 valence electrons. The van der Waals surface area contributed by atoms with Crippen molar-refractivity contribution in [3.63, 3.8) is 0 Å². The highest BCUT2D eigenvalue weighted by Gasteiger charge is 2.44. The molecular formula is C11H23N3. The van der Waals surface area contributed by atoms with E-state index in [1.807, 2.05) is 0 Å². The lowest BCUT2D eigenvalue weighted by Crippen LogP contribution is -2.43. The van der Waals surface area contributed by atoms with Gasteiger partial charge in [-0.05, 0) is 45.8 Å². The molecule has 0 spiro atoms. The molecule has 2 rings (SSSR count). The van der Waals surface area contributed by atoms with Crippen molar-refractivity contribution in [1.82, 2.24) is 9.80 Å². The Balaban J connectivity index is 1.69. The summed E-state index contributed by atoms with van der Waals surface area (Å²) >= 11 is 0. The maximum atomic E-state index is 5.80. The lowest BCUT2D eigenvalue weighted by Gasteiger charge is -2.28. The van der Waals surface area contributed by atoms with Gasteiger partial charge < -0.3 is 10.6 Å². The smallest absolute Gasteiger partial charge is 0.0330 e. The van der Waals surface area contributed by atoms with E-state index in [0.29, 0.717) is 5.54 Å². The Hall–Kier alpha value is -0.120. The summed E-state index contributed by atoms with van der Waals surface area (Å²) in [6, 6.07) is 0. The fraction of sp³-hybridized carbons (Fsp3) is 1.00. The second-order valence-electron chi connectivity index (χ2n) is 4.90. The summed E-state index contributed by atoms with van der Waals surface area (Å²) in [5.41, 5.74) is 6.19. The third kappa shape index (κ3) is 2.10. The molecule has 1 saturated heterocycles. The standard InChI is InChI=1S/C11H23N3/c1-13(11(10-12)4-5-11)8-9-14-6-2-3-7-14/h2-10,12H2,1H3. The highest BCUT2D eigenvalue weighted by Crippen LogP contribution is 2.39. The second kappa shape index (κ2) is 4.17. The molecule has 3 nitrogen and oxygen atoms in total. The van der Waals surface area contributed by atoms with Gasteiger partial charge in [0.2, 0.25) is 0 Å². The third-order valence-electron chi connectivity index (χ3n) is 3.97. The quantitative estimate of drug-likeness (QED) is 0.697. The van der Waals surface area contributed by atoms with Crippen LogP contribution in [0.1, 0.15) is 25.7 Å². The van der Waals surface area contributed by atoms with Crippen molar-refractivity contribution in [3.8, 4) is 0 Å². The minimum atomic E-state index is 0.389. The molecule has 0 aromatic rings. The van der Waals surface area contributed by atoms with Crippen LogP contribution in [0.2, 0.25) is 0 Å². The normalized spacial score (nSPS) is 25.9. The Morgan fingerprint density at radius 1 is 1.29 bits per heavy atom. The molecule has 1 aliphatic carbocycles. The Bertz CT molecular complexity index is 183. The van der Waals surface area contributed by atoms with Gasteiger partial charge in [-0.1, -0.05) is 0 Å². The minimum Gasteiger partial charge on any atom is -0.329 e. The summed E-state index contributed by atoms with van der Waals surface area (Å²) in [5, 5.41) is 0. The van der Waals surface area contributed by atoms with Gasteiger partial charge in [0.05, 0.1) is 0 Å². The van der Waals surface area contributed by atoms with Crippen LogP contribution in [-0.2, 0) is 0 Å².